The lowest BCUT2D eigenvalue weighted by Crippen LogP contribution is -2.06. The highest BCUT2D eigenvalue weighted by Crippen LogP contribution is 2.23. The van der Waals surface area contributed by atoms with E-state index in [1.165, 1.54) is 6.07 Å². The standard InChI is InChI=1S/C15H14FN3O/c16-11-5-2-1-4-10(11)8-9-18-15-19-14-12(17)6-3-7-13(14)20-15/h1-7H,8-9,17H2,(H,18,19). The van der Waals surface area contributed by atoms with Gasteiger partial charge in [0.25, 0.3) is 6.01 Å². The van der Waals surface area contributed by atoms with Crippen molar-refractivity contribution in [2.45, 2.75) is 6.42 Å². The molecule has 3 rings (SSSR count). The van der Waals surface area contributed by atoms with Gasteiger partial charge in [-0.05, 0) is 30.2 Å². The van der Waals surface area contributed by atoms with E-state index in [1.54, 1.807) is 24.3 Å². The fraction of sp³-hybridized carbons (Fsp3) is 0.133. The van der Waals surface area contributed by atoms with Crippen LogP contribution in [0.2, 0.25) is 0 Å². The Morgan fingerprint density at radius 1 is 1.15 bits per heavy atom. The first-order valence-corrected chi connectivity index (χ1v) is 6.36. The largest absolute Gasteiger partial charge is 0.423 e. The van der Waals surface area contributed by atoms with Crippen LogP contribution in [-0.4, -0.2) is 11.5 Å². The summed E-state index contributed by atoms with van der Waals surface area (Å²) in [5, 5.41) is 3.04. The number of fused-ring (bicyclic) bond motifs is 1. The Bertz CT molecular complexity index is 739. The van der Waals surface area contributed by atoms with Gasteiger partial charge in [0.05, 0.1) is 5.69 Å². The van der Waals surface area contributed by atoms with E-state index in [0.29, 0.717) is 41.3 Å². The highest BCUT2D eigenvalue weighted by atomic mass is 19.1. The monoisotopic (exact) mass is 271 g/mol. The Labute approximate surface area is 115 Å². The highest BCUT2D eigenvalue weighted by molar-refractivity contribution is 5.86. The fourth-order valence-electron chi connectivity index (χ4n) is 2.05. The lowest BCUT2D eigenvalue weighted by atomic mass is 10.1. The van der Waals surface area contributed by atoms with E-state index in [4.69, 9.17) is 10.2 Å². The summed E-state index contributed by atoms with van der Waals surface area (Å²) in [4.78, 5) is 4.27. The van der Waals surface area contributed by atoms with Crippen LogP contribution >= 0.6 is 0 Å². The number of anilines is 2. The van der Waals surface area contributed by atoms with Crippen molar-refractivity contribution < 1.29 is 8.81 Å². The molecule has 2 aromatic carbocycles. The number of halogens is 1. The van der Waals surface area contributed by atoms with Crippen molar-refractivity contribution in [2.24, 2.45) is 0 Å². The molecule has 3 N–H and O–H groups in total. The Morgan fingerprint density at radius 2 is 2.00 bits per heavy atom. The molecule has 3 aromatic rings. The van der Waals surface area contributed by atoms with Gasteiger partial charge in [-0.25, -0.2) is 4.39 Å². The summed E-state index contributed by atoms with van der Waals surface area (Å²) in [5.41, 5.74) is 8.33. The number of para-hydroxylation sites is 1. The molecule has 20 heavy (non-hydrogen) atoms. The third-order valence-electron chi connectivity index (χ3n) is 3.08. The number of hydrogen-bond donors (Lipinski definition) is 2. The summed E-state index contributed by atoms with van der Waals surface area (Å²) in [6.07, 6.45) is 0.556. The third kappa shape index (κ3) is 2.42. The second-order valence-corrected chi connectivity index (χ2v) is 4.48. The number of nitrogens with one attached hydrogen (secondary N) is 1. The first-order chi connectivity index (χ1) is 9.74. The van der Waals surface area contributed by atoms with Gasteiger partial charge in [-0.3, -0.25) is 0 Å². The normalized spacial score (nSPS) is 10.8. The second-order valence-electron chi connectivity index (χ2n) is 4.48. The molecule has 102 valence electrons. The number of aromatic nitrogens is 1. The molecule has 1 heterocycles. The van der Waals surface area contributed by atoms with Gasteiger partial charge in [0.1, 0.15) is 11.3 Å². The lowest BCUT2D eigenvalue weighted by molar-refractivity contribution is 0.602. The van der Waals surface area contributed by atoms with E-state index in [1.807, 2.05) is 12.1 Å². The molecule has 0 saturated heterocycles. The maximum atomic E-state index is 13.5. The summed E-state index contributed by atoms with van der Waals surface area (Å²) in [6, 6.07) is 12.5. The van der Waals surface area contributed by atoms with Crippen molar-refractivity contribution in [1.29, 1.82) is 0 Å². The van der Waals surface area contributed by atoms with Gasteiger partial charge in [0.2, 0.25) is 0 Å². The smallest absolute Gasteiger partial charge is 0.295 e. The molecule has 0 atom stereocenters. The fourth-order valence-corrected chi connectivity index (χ4v) is 2.05. The molecule has 0 radical (unpaired) electrons. The van der Waals surface area contributed by atoms with Crippen LogP contribution in [0.4, 0.5) is 16.1 Å². The van der Waals surface area contributed by atoms with Crippen LogP contribution in [0.25, 0.3) is 11.1 Å². The molecule has 0 saturated carbocycles. The zero-order chi connectivity index (χ0) is 13.9. The van der Waals surface area contributed by atoms with Gasteiger partial charge in [-0.15, -0.1) is 0 Å². The zero-order valence-corrected chi connectivity index (χ0v) is 10.8. The number of nitrogen functional groups attached to an aromatic ring is 1. The van der Waals surface area contributed by atoms with E-state index >= 15 is 0 Å². The van der Waals surface area contributed by atoms with Gasteiger partial charge < -0.3 is 15.5 Å². The Balaban J connectivity index is 1.68. The Morgan fingerprint density at radius 3 is 2.80 bits per heavy atom. The van der Waals surface area contributed by atoms with E-state index in [-0.39, 0.29) is 5.82 Å². The summed E-state index contributed by atoms with van der Waals surface area (Å²) in [6.45, 7) is 0.535. The van der Waals surface area contributed by atoms with Crippen LogP contribution in [0.3, 0.4) is 0 Å². The van der Waals surface area contributed by atoms with Crippen molar-refractivity contribution in [3.8, 4) is 0 Å². The number of nitrogens with zero attached hydrogens (tertiary/aromatic N) is 1. The first kappa shape index (κ1) is 12.5. The van der Waals surface area contributed by atoms with Gasteiger partial charge in [0.15, 0.2) is 5.58 Å². The van der Waals surface area contributed by atoms with Crippen LogP contribution in [0.15, 0.2) is 46.9 Å². The summed E-state index contributed by atoms with van der Waals surface area (Å²) >= 11 is 0. The number of hydrogen-bond acceptors (Lipinski definition) is 4. The highest BCUT2D eigenvalue weighted by Gasteiger charge is 2.07. The SMILES string of the molecule is Nc1cccc2oc(NCCc3ccccc3F)nc12. The summed E-state index contributed by atoms with van der Waals surface area (Å²) < 4.78 is 19.0. The molecule has 0 bridgehead atoms. The van der Waals surface area contributed by atoms with Crippen LogP contribution in [0.1, 0.15) is 5.56 Å². The first-order valence-electron chi connectivity index (χ1n) is 6.36. The average Bonchev–Trinajstić information content (AvgIpc) is 2.85. The quantitative estimate of drug-likeness (QED) is 0.715. The van der Waals surface area contributed by atoms with Gasteiger partial charge in [-0.2, -0.15) is 4.98 Å². The third-order valence-corrected chi connectivity index (χ3v) is 3.08. The minimum atomic E-state index is -0.198. The molecule has 0 fully saturated rings. The Kier molecular flexibility index (Phi) is 3.25. The van der Waals surface area contributed by atoms with Gasteiger partial charge in [0, 0.05) is 6.54 Å². The van der Waals surface area contributed by atoms with Crippen molar-refractivity contribution >= 4 is 22.8 Å². The second kappa shape index (κ2) is 5.21. The number of oxazole rings is 1. The number of nitrogens with two attached hydrogens (primary N) is 1. The molecule has 1 aromatic heterocycles. The van der Waals surface area contributed by atoms with Crippen LogP contribution in [0.5, 0.6) is 0 Å². The van der Waals surface area contributed by atoms with Gasteiger partial charge in [-0.1, -0.05) is 24.3 Å². The number of benzene rings is 2. The van der Waals surface area contributed by atoms with Crippen LogP contribution in [0, 0.1) is 5.82 Å². The molecule has 0 aliphatic heterocycles. The topological polar surface area (TPSA) is 64.1 Å². The van der Waals surface area contributed by atoms with E-state index < -0.39 is 0 Å². The average molecular weight is 271 g/mol. The Hall–Kier alpha value is -2.56. The minimum absolute atomic E-state index is 0.198. The maximum absolute atomic E-state index is 13.5. The summed E-state index contributed by atoms with van der Waals surface area (Å²) in [5.74, 6) is -0.198. The van der Waals surface area contributed by atoms with E-state index in [2.05, 4.69) is 10.3 Å². The lowest BCUT2D eigenvalue weighted by Gasteiger charge is -2.03. The van der Waals surface area contributed by atoms with Crippen molar-refractivity contribution in [3.63, 3.8) is 0 Å². The minimum Gasteiger partial charge on any atom is -0.423 e. The predicted molar refractivity (Wildman–Crippen MR) is 77.0 cm³/mol. The van der Waals surface area contributed by atoms with Crippen LogP contribution in [-0.2, 0) is 6.42 Å². The van der Waals surface area contributed by atoms with Crippen LogP contribution < -0.4 is 11.1 Å². The molecule has 0 spiro atoms. The van der Waals surface area contributed by atoms with Crippen molar-refractivity contribution in [2.75, 3.05) is 17.6 Å². The predicted octanol–water partition coefficient (Wildman–Crippen LogP) is 3.20. The summed E-state index contributed by atoms with van der Waals surface area (Å²) in [7, 11) is 0. The van der Waals surface area contributed by atoms with Crippen molar-refractivity contribution in [1.82, 2.24) is 4.98 Å². The van der Waals surface area contributed by atoms with Crippen molar-refractivity contribution in [3.05, 3.63) is 53.8 Å². The molecule has 0 aliphatic rings. The molecule has 0 amide bonds. The zero-order valence-electron chi connectivity index (χ0n) is 10.8. The van der Waals surface area contributed by atoms with E-state index in [0.717, 1.165) is 0 Å². The van der Waals surface area contributed by atoms with E-state index in [9.17, 15) is 4.39 Å². The molecule has 4 nitrogen and oxygen atoms in total. The molecular weight excluding hydrogens is 257 g/mol. The van der Waals surface area contributed by atoms with Gasteiger partial charge >= 0.3 is 0 Å². The molecule has 0 aliphatic carbocycles. The molecule has 5 heteroatoms. The molecule has 0 unspecified atom stereocenters. The molecular formula is C15H14FN3O. The number of rotatable bonds is 4. The maximum Gasteiger partial charge on any atom is 0.295 e.